The topological polar surface area (TPSA) is 29.9 Å². The zero-order valence-electron chi connectivity index (χ0n) is 12.9. The summed E-state index contributed by atoms with van der Waals surface area (Å²) >= 11 is 0. The van der Waals surface area contributed by atoms with E-state index in [2.05, 4.69) is 28.0 Å². The van der Waals surface area contributed by atoms with Crippen LogP contribution in [0.25, 0.3) is 0 Å². The average molecular weight is 275 g/mol. The number of imidazole rings is 1. The van der Waals surface area contributed by atoms with Crippen LogP contribution < -0.4 is 5.32 Å². The third-order valence-corrected chi connectivity index (χ3v) is 5.13. The lowest BCUT2D eigenvalue weighted by atomic mass is 9.87. The predicted octanol–water partition coefficient (Wildman–Crippen LogP) is 4.69. The van der Waals surface area contributed by atoms with Gasteiger partial charge in [-0.1, -0.05) is 44.9 Å². The molecule has 20 heavy (non-hydrogen) atoms. The van der Waals surface area contributed by atoms with Gasteiger partial charge in [-0.3, -0.25) is 0 Å². The van der Waals surface area contributed by atoms with Crippen molar-refractivity contribution in [2.45, 2.75) is 77.2 Å². The van der Waals surface area contributed by atoms with E-state index in [4.69, 9.17) is 0 Å². The van der Waals surface area contributed by atoms with Crippen LogP contribution in [0.4, 0.5) is 5.95 Å². The van der Waals surface area contributed by atoms with Crippen molar-refractivity contribution in [2.75, 3.05) is 11.9 Å². The Morgan fingerprint density at radius 3 is 2.55 bits per heavy atom. The second kappa shape index (κ2) is 6.64. The highest BCUT2D eigenvalue weighted by Crippen LogP contribution is 2.32. The van der Waals surface area contributed by atoms with E-state index in [1.165, 1.54) is 64.2 Å². The third kappa shape index (κ3) is 3.36. The van der Waals surface area contributed by atoms with Crippen LogP contribution in [0.1, 0.15) is 75.9 Å². The van der Waals surface area contributed by atoms with Crippen molar-refractivity contribution in [1.29, 1.82) is 0 Å². The SMILES string of the molecule is Cc1cn(C2CCCC2)c(NCCC2CCCCC2)n1. The molecule has 0 unspecified atom stereocenters. The van der Waals surface area contributed by atoms with Crippen molar-refractivity contribution in [2.24, 2.45) is 5.92 Å². The van der Waals surface area contributed by atoms with Gasteiger partial charge in [-0.2, -0.15) is 0 Å². The van der Waals surface area contributed by atoms with E-state index in [9.17, 15) is 0 Å². The van der Waals surface area contributed by atoms with Gasteiger partial charge >= 0.3 is 0 Å². The predicted molar refractivity (Wildman–Crippen MR) is 84.2 cm³/mol. The number of nitrogens with zero attached hydrogens (tertiary/aromatic N) is 2. The molecule has 1 N–H and O–H groups in total. The van der Waals surface area contributed by atoms with E-state index < -0.39 is 0 Å². The summed E-state index contributed by atoms with van der Waals surface area (Å²) < 4.78 is 2.41. The Balaban J connectivity index is 1.53. The number of aryl methyl sites for hydroxylation is 1. The molecular formula is C17H29N3. The van der Waals surface area contributed by atoms with E-state index in [-0.39, 0.29) is 0 Å². The molecule has 2 aliphatic carbocycles. The van der Waals surface area contributed by atoms with Crippen LogP contribution >= 0.6 is 0 Å². The minimum atomic E-state index is 0.688. The summed E-state index contributed by atoms with van der Waals surface area (Å²) in [6, 6.07) is 0.688. The van der Waals surface area contributed by atoms with Gasteiger partial charge in [0.2, 0.25) is 5.95 Å². The van der Waals surface area contributed by atoms with Crippen molar-refractivity contribution in [3.8, 4) is 0 Å². The number of hydrogen-bond donors (Lipinski definition) is 1. The van der Waals surface area contributed by atoms with Crippen molar-refractivity contribution in [3.05, 3.63) is 11.9 Å². The number of anilines is 1. The van der Waals surface area contributed by atoms with Gasteiger partial charge in [-0.05, 0) is 32.1 Å². The fraction of sp³-hybridized carbons (Fsp3) is 0.824. The number of nitrogens with one attached hydrogen (secondary N) is 1. The number of aromatic nitrogens is 2. The van der Waals surface area contributed by atoms with Crippen molar-refractivity contribution in [3.63, 3.8) is 0 Å². The Kier molecular flexibility index (Phi) is 4.64. The van der Waals surface area contributed by atoms with E-state index >= 15 is 0 Å². The summed E-state index contributed by atoms with van der Waals surface area (Å²) in [4.78, 5) is 4.69. The molecule has 0 spiro atoms. The summed E-state index contributed by atoms with van der Waals surface area (Å²) in [6.07, 6.45) is 16.2. The molecule has 1 aromatic rings. The van der Waals surface area contributed by atoms with Crippen LogP contribution in [0, 0.1) is 12.8 Å². The highest BCUT2D eigenvalue weighted by atomic mass is 15.2. The van der Waals surface area contributed by atoms with E-state index in [1.807, 2.05) is 0 Å². The highest BCUT2D eigenvalue weighted by Gasteiger charge is 2.20. The molecule has 0 saturated heterocycles. The largest absolute Gasteiger partial charge is 0.356 e. The number of hydrogen-bond acceptors (Lipinski definition) is 2. The highest BCUT2D eigenvalue weighted by molar-refractivity contribution is 5.29. The zero-order chi connectivity index (χ0) is 13.8. The van der Waals surface area contributed by atoms with E-state index in [1.54, 1.807) is 0 Å². The Labute approximate surface area is 123 Å². The molecule has 3 nitrogen and oxygen atoms in total. The monoisotopic (exact) mass is 275 g/mol. The quantitative estimate of drug-likeness (QED) is 0.845. The molecule has 0 aromatic carbocycles. The summed E-state index contributed by atoms with van der Waals surface area (Å²) in [7, 11) is 0. The molecule has 0 radical (unpaired) electrons. The molecule has 1 aromatic heterocycles. The van der Waals surface area contributed by atoms with Gasteiger partial charge < -0.3 is 9.88 Å². The molecular weight excluding hydrogens is 246 g/mol. The zero-order valence-corrected chi connectivity index (χ0v) is 12.9. The molecule has 0 bridgehead atoms. The first-order chi connectivity index (χ1) is 9.83. The molecule has 2 aliphatic rings. The van der Waals surface area contributed by atoms with Gasteiger partial charge in [-0.15, -0.1) is 0 Å². The van der Waals surface area contributed by atoms with E-state index in [0.717, 1.165) is 24.1 Å². The lowest BCUT2D eigenvalue weighted by Gasteiger charge is -2.22. The van der Waals surface area contributed by atoms with Crippen molar-refractivity contribution < 1.29 is 0 Å². The van der Waals surface area contributed by atoms with Crippen LogP contribution in [0.15, 0.2) is 6.20 Å². The molecule has 0 amide bonds. The van der Waals surface area contributed by atoms with Crippen LogP contribution in [-0.2, 0) is 0 Å². The Bertz CT molecular complexity index is 412. The normalized spacial score (nSPS) is 21.4. The lowest BCUT2D eigenvalue weighted by molar-refractivity contribution is 0.345. The van der Waals surface area contributed by atoms with Gasteiger partial charge in [0.05, 0.1) is 5.69 Å². The summed E-state index contributed by atoms with van der Waals surface area (Å²) in [6.45, 7) is 3.20. The maximum Gasteiger partial charge on any atom is 0.203 e. The average Bonchev–Trinajstić information content (AvgIpc) is 3.09. The molecule has 3 heteroatoms. The molecule has 1 heterocycles. The minimum Gasteiger partial charge on any atom is -0.356 e. The smallest absolute Gasteiger partial charge is 0.203 e. The maximum atomic E-state index is 4.69. The van der Waals surface area contributed by atoms with E-state index in [0.29, 0.717) is 6.04 Å². The summed E-state index contributed by atoms with van der Waals surface area (Å²) in [5.41, 5.74) is 1.15. The fourth-order valence-electron chi connectivity index (χ4n) is 3.97. The Hall–Kier alpha value is -0.990. The summed E-state index contributed by atoms with van der Waals surface area (Å²) in [5, 5.41) is 3.61. The van der Waals surface area contributed by atoms with Gasteiger partial charge in [0.15, 0.2) is 0 Å². The van der Waals surface area contributed by atoms with Gasteiger partial charge in [-0.25, -0.2) is 4.98 Å². The molecule has 2 saturated carbocycles. The first-order valence-corrected chi connectivity index (χ1v) is 8.62. The minimum absolute atomic E-state index is 0.688. The first kappa shape index (κ1) is 14.0. The fourth-order valence-corrected chi connectivity index (χ4v) is 3.97. The second-order valence-electron chi connectivity index (χ2n) is 6.77. The lowest BCUT2D eigenvalue weighted by Crippen LogP contribution is -2.15. The van der Waals surface area contributed by atoms with Crippen LogP contribution in [0.5, 0.6) is 0 Å². The Morgan fingerprint density at radius 2 is 1.80 bits per heavy atom. The van der Waals surface area contributed by atoms with Crippen molar-refractivity contribution >= 4 is 5.95 Å². The summed E-state index contributed by atoms with van der Waals surface area (Å²) in [5.74, 6) is 2.07. The molecule has 0 aliphatic heterocycles. The van der Waals surface area contributed by atoms with Gasteiger partial charge in [0.25, 0.3) is 0 Å². The van der Waals surface area contributed by atoms with Crippen LogP contribution in [0.3, 0.4) is 0 Å². The van der Waals surface area contributed by atoms with Gasteiger partial charge in [0, 0.05) is 18.8 Å². The molecule has 112 valence electrons. The van der Waals surface area contributed by atoms with Crippen LogP contribution in [0.2, 0.25) is 0 Å². The second-order valence-corrected chi connectivity index (χ2v) is 6.77. The van der Waals surface area contributed by atoms with Crippen molar-refractivity contribution in [1.82, 2.24) is 9.55 Å². The maximum absolute atomic E-state index is 4.69. The molecule has 0 atom stereocenters. The van der Waals surface area contributed by atoms with Crippen LogP contribution in [-0.4, -0.2) is 16.1 Å². The third-order valence-electron chi connectivity index (χ3n) is 5.13. The van der Waals surface area contributed by atoms with Gasteiger partial charge in [0.1, 0.15) is 0 Å². The Morgan fingerprint density at radius 1 is 1.10 bits per heavy atom. The standard InChI is InChI=1S/C17H29N3/c1-14-13-20(16-9-5-6-10-16)17(19-14)18-12-11-15-7-3-2-4-8-15/h13,15-16H,2-12H2,1H3,(H,18,19). The molecule has 3 rings (SSSR count). The first-order valence-electron chi connectivity index (χ1n) is 8.62. The molecule has 2 fully saturated rings. The number of rotatable bonds is 5.